The van der Waals surface area contributed by atoms with Gasteiger partial charge in [-0.3, -0.25) is 4.79 Å². The summed E-state index contributed by atoms with van der Waals surface area (Å²) in [5.74, 6) is -0.847. The molecule has 0 aliphatic carbocycles. The minimum atomic E-state index is -0.493. The molecule has 0 saturated carbocycles. The van der Waals surface area contributed by atoms with E-state index in [1.54, 1.807) is 25.3 Å². The molecule has 1 N–H and O–H groups in total. The van der Waals surface area contributed by atoms with Gasteiger partial charge >= 0.3 is 11.9 Å². The summed E-state index contributed by atoms with van der Waals surface area (Å²) in [6, 6.07) is 3.29. The van der Waals surface area contributed by atoms with E-state index >= 15 is 0 Å². The molecular formula is C14H16N2O5S. The van der Waals surface area contributed by atoms with Crippen molar-refractivity contribution in [2.75, 3.05) is 25.5 Å². The molecule has 8 heteroatoms. The molecule has 0 spiro atoms. The van der Waals surface area contributed by atoms with Crippen LogP contribution < -0.4 is 0 Å². The number of rotatable bonds is 6. The van der Waals surface area contributed by atoms with E-state index in [1.165, 1.54) is 22.7 Å². The summed E-state index contributed by atoms with van der Waals surface area (Å²) >= 11 is 1.26. The molecule has 1 fully saturated rings. The number of hydrogen-bond acceptors (Lipinski definition) is 6. The second-order valence-corrected chi connectivity index (χ2v) is 5.28. The number of hydrogen-bond donors (Lipinski definition) is 1. The highest BCUT2D eigenvalue weighted by Gasteiger charge is 2.27. The highest BCUT2D eigenvalue weighted by atomic mass is 32.2. The van der Waals surface area contributed by atoms with Gasteiger partial charge in [0.25, 0.3) is 0 Å². The topological polar surface area (TPSA) is 88.7 Å². The van der Waals surface area contributed by atoms with Crippen LogP contribution in [0.5, 0.6) is 0 Å². The molecule has 0 aromatic carbocycles. The first-order chi connectivity index (χ1) is 10.6. The summed E-state index contributed by atoms with van der Waals surface area (Å²) in [4.78, 5) is 39.1. The SMILES string of the molecule is CCOC(=O)/C=C1\SCC(=O)N1CCOC(=O)c1ccc[nH]1. The first-order valence-electron chi connectivity index (χ1n) is 6.74. The number of H-pyrrole nitrogens is 1. The van der Waals surface area contributed by atoms with Crippen molar-refractivity contribution in [1.29, 1.82) is 0 Å². The molecule has 7 nitrogen and oxygen atoms in total. The molecule has 1 aliphatic heterocycles. The molecule has 0 atom stereocenters. The van der Waals surface area contributed by atoms with Gasteiger partial charge in [-0.1, -0.05) is 11.8 Å². The molecule has 1 aromatic rings. The second kappa shape index (κ2) is 7.69. The van der Waals surface area contributed by atoms with Crippen LogP contribution in [0, 0.1) is 0 Å². The molecule has 118 valence electrons. The van der Waals surface area contributed by atoms with Gasteiger partial charge in [-0.25, -0.2) is 9.59 Å². The Morgan fingerprint density at radius 2 is 2.27 bits per heavy atom. The normalized spacial score (nSPS) is 16.1. The van der Waals surface area contributed by atoms with Gasteiger partial charge in [-0.15, -0.1) is 0 Å². The van der Waals surface area contributed by atoms with Crippen LogP contribution in [-0.4, -0.2) is 53.2 Å². The number of ether oxygens (including phenoxy) is 2. The molecular weight excluding hydrogens is 308 g/mol. The molecule has 1 aromatic heterocycles. The molecule has 1 amide bonds. The lowest BCUT2D eigenvalue weighted by atomic mass is 10.4. The van der Waals surface area contributed by atoms with E-state index in [1.807, 2.05) is 0 Å². The van der Waals surface area contributed by atoms with Crippen LogP contribution in [0.15, 0.2) is 29.4 Å². The molecule has 0 unspecified atom stereocenters. The predicted molar refractivity (Wildman–Crippen MR) is 80.0 cm³/mol. The van der Waals surface area contributed by atoms with Gasteiger partial charge in [0.05, 0.1) is 30.0 Å². The van der Waals surface area contributed by atoms with Gasteiger partial charge in [-0.2, -0.15) is 0 Å². The first-order valence-corrected chi connectivity index (χ1v) is 7.72. The minimum Gasteiger partial charge on any atom is -0.463 e. The lowest BCUT2D eigenvalue weighted by Crippen LogP contribution is -2.29. The molecule has 2 heterocycles. The van der Waals surface area contributed by atoms with E-state index < -0.39 is 11.9 Å². The standard InChI is InChI=1S/C14H16N2O5S/c1-2-20-13(18)8-12-16(11(17)9-22-12)6-7-21-14(19)10-4-3-5-15-10/h3-5,8,15H,2,6-7,9H2,1H3/b12-8-. The van der Waals surface area contributed by atoms with Crippen LogP contribution >= 0.6 is 11.8 Å². The van der Waals surface area contributed by atoms with E-state index in [2.05, 4.69) is 4.98 Å². The largest absolute Gasteiger partial charge is 0.463 e. The van der Waals surface area contributed by atoms with Crippen molar-refractivity contribution < 1.29 is 23.9 Å². The maximum Gasteiger partial charge on any atom is 0.354 e. The van der Waals surface area contributed by atoms with Crippen LogP contribution in [0.2, 0.25) is 0 Å². The number of nitrogens with one attached hydrogen (secondary N) is 1. The first kappa shape index (κ1) is 16.2. The monoisotopic (exact) mass is 324 g/mol. The Bertz CT molecular complexity index is 582. The zero-order valence-corrected chi connectivity index (χ0v) is 12.9. The van der Waals surface area contributed by atoms with Crippen molar-refractivity contribution in [3.63, 3.8) is 0 Å². The fraction of sp³-hybridized carbons (Fsp3) is 0.357. The van der Waals surface area contributed by atoms with Crippen LogP contribution in [0.3, 0.4) is 0 Å². The lowest BCUT2D eigenvalue weighted by Gasteiger charge is -2.16. The Hall–Kier alpha value is -2.22. The zero-order chi connectivity index (χ0) is 15.9. The third-order valence-electron chi connectivity index (χ3n) is 2.80. The Balaban J connectivity index is 1.88. The number of aromatic nitrogens is 1. The third kappa shape index (κ3) is 4.14. The number of nitrogens with zero attached hydrogens (tertiary/aromatic N) is 1. The van der Waals surface area contributed by atoms with Crippen LogP contribution in [0.25, 0.3) is 0 Å². The summed E-state index contributed by atoms with van der Waals surface area (Å²) in [6.07, 6.45) is 2.91. The van der Waals surface area contributed by atoms with Crippen molar-refractivity contribution in [3.05, 3.63) is 35.1 Å². The van der Waals surface area contributed by atoms with Gasteiger partial charge in [0.15, 0.2) is 0 Å². The molecule has 2 rings (SSSR count). The summed E-state index contributed by atoms with van der Waals surface area (Å²) in [6.45, 7) is 2.23. The van der Waals surface area contributed by atoms with Crippen LogP contribution in [0.1, 0.15) is 17.4 Å². The van der Waals surface area contributed by atoms with Crippen molar-refractivity contribution in [1.82, 2.24) is 9.88 Å². The molecule has 1 saturated heterocycles. The summed E-state index contributed by atoms with van der Waals surface area (Å²) in [5, 5.41) is 0.513. The van der Waals surface area contributed by atoms with E-state index in [0.717, 1.165) is 0 Å². The number of amides is 1. The Morgan fingerprint density at radius 3 is 2.95 bits per heavy atom. The van der Waals surface area contributed by atoms with Crippen LogP contribution in [-0.2, 0) is 19.1 Å². The van der Waals surface area contributed by atoms with Crippen LogP contribution in [0.4, 0.5) is 0 Å². The second-order valence-electron chi connectivity index (χ2n) is 4.29. The lowest BCUT2D eigenvalue weighted by molar-refractivity contribution is -0.137. The predicted octanol–water partition coefficient (Wildman–Crippen LogP) is 1.15. The fourth-order valence-corrected chi connectivity index (χ4v) is 2.77. The number of esters is 2. The minimum absolute atomic E-state index is 0.0460. The highest BCUT2D eigenvalue weighted by Crippen LogP contribution is 2.28. The van der Waals surface area contributed by atoms with Crippen molar-refractivity contribution in [2.45, 2.75) is 6.92 Å². The summed E-state index contributed by atoms with van der Waals surface area (Å²) in [5.41, 5.74) is 0.351. The van der Waals surface area contributed by atoms with Crippen molar-refractivity contribution in [3.8, 4) is 0 Å². The molecule has 22 heavy (non-hydrogen) atoms. The fourth-order valence-electron chi connectivity index (χ4n) is 1.82. The molecule has 1 aliphatic rings. The van der Waals surface area contributed by atoms with Crippen molar-refractivity contribution in [2.24, 2.45) is 0 Å². The van der Waals surface area contributed by atoms with E-state index in [-0.39, 0.29) is 31.4 Å². The molecule has 0 radical (unpaired) electrons. The number of thioether (sulfide) groups is 1. The van der Waals surface area contributed by atoms with Crippen molar-refractivity contribution >= 4 is 29.6 Å². The maximum atomic E-state index is 11.8. The van der Waals surface area contributed by atoms with Gasteiger partial charge < -0.3 is 19.4 Å². The number of carbonyl (C=O) groups excluding carboxylic acids is 3. The van der Waals surface area contributed by atoms with E-state index in [0.29, 0.717) is 10.7 Å². The summed E-state index contributed by atoms with van der Waals surface area (Å²) in [7, 11) is 0. The maximum absolute atomic E-state index is 11.8. The van der Waals surface area contributed by atoms with E-state index in [4.69, 9.17) is 9.47 Å². The Kier molecular flexibility index (Phi) is 5.65. The summed E-state index contributed by atoms with van der Waals surface area (Å²) < 4.78 is 9.90. The number of carbonyl (C=O) groups is 3. The number of aromatic amines is 1. The average Bonchev–Trinajstić information content (AvgIpc) is 3.12. The van der Waals surface area contributed by atoms with Gasteiger partial charge in [-0.05, 0) is 19.1 Å². The van der Waals surface area contributed by atoms with Gasteiger partial charge in [0.1, 0.15) is 12.3 Å². The zero-order valence-electron chi connectivity index (χ0n) is 12.0. The smallest absolute Gasteiger partial charge is 0.354 e. The quantitative estimate of drug-likeness (QED) is 0.624. The molecule has 0 bridgehead atoms. The average molecular weight is 324 g/mol. The van der Waals surface area contributed by atoms with Gasteiger partial charge in [0, 0.05) is 6.20 Å². The highest BCUT2D eigenvalue weighted by molar-refractivity contribution is 8.04. The Morgan fingerprint density at radius 1 is 1.45 bits per heavy atom. The van der Waals surface area contributed by atoms with E-state index in [9.17, 15) is 14.4 Å². The van der Waals surface area contributed by atoms with Gasteiger partial charge in [0.2, 0.25) is 5.91 Å². The Labute approximate surface area is 131 Å². The third-order valence-corrected chi connectivity index (χ3v) is 3.83.